The van der Waals surface area contributed by atoms with Crippen LogP contribution in [-0.2, 0) is 6.61 Å². The van der Waals surface area contributed by atoms with Gasteiger partial charge in [-0.3, -0.25) is 0 Å². The summed E-state index contributed by atoms with van der Waals surface area (Å²) in [5, 5.41) is 9.17. The molecule has 106 valence electrons. The molecule has 0 amide bonds. The predicted octanol–water partition coefficient (Wildman–Crippen LogP) is 4.16. The highest BCUT2D eigenvalue weighted by molar-refractivity contribution is 9.10. The average Bonchev–Trinajstić information content (AvgIpc) is 2.47. The topological polar surface area (TPSA) is 38.7 Å². The van der Waals surface area contributed by atoms with Crippen LogP contribution in [0.3, 0.4) is 0 Å². The monoisotopic (exact) mass is 400 g/mol. The van der Waals surface area contributed by atoms with Crippen LogP contribution in [-0.4, -0.2) is 18.3 Å². The zero-order valence-electron chi connectivity index (χ0n) is 10.7. The van der Waals surface area contributed by atoms with E-state index in [0.717, 1.165) is 26.0 Å². The molecule has 0 saturated heterocycles. The van der Waals surface area contributed by atoms with Gasteiger partial charge in [0.25, 0.3) is 0 Å². The summed E-state index contributed by atoms with van der Waals surface area (Å²) in [5.41, 5.74) is 0.802. The van der Waals surface area contributed by atoms with Crippen molar-refractivity contribution in [2.24, 2.45) is 0 Å². The van der Waals surface area contributed by atoms with E-state index in [1.807, 2.05) is 42.5 Å². The Hall–Kier alpha value is -1.04. The Morgan fingerprint density at radius 1 is 0.850 bits per heavy atom. The lowest BCUT2D eigenvalue weighted by molar-refractivity contribution is 0.216. The molecule has 0 aliphatic carbocycles. The second-order valence-electron chi connectivity index (χ2n) is 4.06. The van der Waals surface area contributed by atoms with Crippen molar-refractivity contribution in [2.45, 2.75) is 6.61 Å². The van der Waals surface area contributed by atoms with Crippen molar-refractivity contribution in [2.75, 3.05) is 13.2 Å². The van der Waals surface area contributed by atoms with E-state index in [2.05, 4.69) is 31.9 Å². The Morgan fingerprint density at radius 2 is 1.45 bits per heavy atom. The second-order valence-corrected chi connectivity index (χ2v) is 5.83. The Bertz CT molecular complexity index is 556. The molecule has 0 aromatic heterocycles. The molecule has 0 saturated carbocycles. The van der Waals surface area contributed by atoms with Crippen LogP contribution in [0, 0.1) is 0 Å². The lowest BCUT2D eigenvalue weighted by atomic mass is 10.2. The van der Waals surface area contributed by atoms with Gasteiger partial charge in [-0.1, -0.05) is 31.9 Å². The number of halogens is 2. The summed E-state index contributed by atoms with van der Waals surface area (Å²) in [4.78, 5) is 0. The normalized spacial score (nSPS) is 10.3. The van der Waals surface area contributed by atoms with Gasteiger partial charge in [0.05, 0.1) is 6.61 Å². The Morgan fingerprint density at radius 3 is 2.10 bits per heavy atom. The molecule has 0 unspecified atom stereocenters. The number of hydrogen-bond acceptors (Lipinski definition) is 3. The van der Waals surface area contributed by atoms with Crippen molar-refractivity contribution in [3.8, 4) is 11.5 Å². The van der Waals surface area contributed by atoms with Crippen molar-refractivity contribution in [3.63, 3.8) is 0 Å². The smallest absolute Gasteiger partial charge is 0.122 e. The molecule has 0 bridgehead atoms. The van der Waals surface area contributed by atoms with E-state index >= 15 is 0 Å². The van der Waals surface area contributed by atoms with Gasteiger partial charge < -0.3 is 14.6 Å². The first-order chi connectivity index (χ1) is 9.69. The van der Waals surface area contributed by atoms with Crippen molar-refractivity contribution >= 4 is 31.9 Å². The highest BCUT2D eigenvalue weighted by atomic mass is 79.9. The van der Waals surface area contributed by atoms with Crippen molar-refractivity contribution < 1.29 is 14.6 Å². The van der Waals surface area contributed by atoms with E-state index in [9.17, 15) is 5.11 Å². The largest absolute Gasteiger partial charge is 0.490 e. The van der Waals surface area contributed by atoms with Gasteiger partial charge in [0.15, 0.2) is 0 Å². The molecule has 0 fully saturated rings. The Balaban J connectivity index is 1.79. The van der Waals surface area contributed by atoms with E-state index in [1.165, 1.54) is 0 Å². The molecular formula is C15H14Br2O3. The molecule has 2 aromatic rings. The van der Waals surface area contributed by atoms with Crippen LogP contribution in [0.1, 0.15) is 5.56 Å². The fourth-order valence-electron chi connectivity index (χ4n) is 1.61. The van der Waals surface area contributed by atoms with Crippen molar-refractivity contribution in [1.82, 2.24) is 0 Å². The molecule has 2 aromatic carbocycles. The van der Waals surface area contributed by atoms with Gasteiger partial charge in [-0.2, -0.15) is 0 Å². The lowest BCUT2D eigenvalue weighted by Crippen LogP contribution is -2.09. The van der Waals surface area contributed by atoms with Crippen LogP contribution in [0.5, 0.6) is 11.5 Å². The van der Waals surface area contributed by atoms with Gasteiger partial charge in [0.2, 0.25) is 0 Å². The van der Waals surface area contributed by atoms with Crippen LogP contribution in [0.25, 0.3) is 0 Å². The minimum absolute atomic E-state index is 0.0207. The van der Waals surface area contributed by atoms with Gasteiger partial charge in [0, 0.05) is 8.95 Å². The van der Waals surface area contributed by atoms with Crippen molar-refractivity contribution in [3.05, 3.63) is 57.0 Å². The third-order valence-electron chi connectivity index (χ3n) is 2.62. The summed E-state index contributed by atoms with van der Waals surface area (Å²) in [6, 6.07) is 13.2. The molecule has 20 heavy (non-hydrogen) atoms. The number of hydrogen-bond donors (Lipinski definition) is 1. The summed E-state index contributed by atoms with van der Waals surface area (Å²) >= 11 is 6.74. The maximum atomic E-state index is 9.17. The van der Waals surface area contributed by atoms with Gasteiger partial charge in [-0.25, -0.2) is 0 Å². The molecular weight excluding hydrogens is 388 g/mol. The highest BCUT2D eigenvalue weighted by Crippen LogP contribution is 2.22. The summed E-state index contributed by atoms with van der Waals surface area (Å²) in [7, 11) is 0. The maximum Gasteiger partial charge on any atom is 0.122 e. The quantitative estimate of drug-likeness (QED) is 0.738. The molecule has 3 nitrogen and oxygen atoms in total. The maximum absolute atomic E-state index is 9.17. The van der Waals surface area contributed by atoms with E-state index in [1.54, 1.807) is 0 Å². The van der Waals surface area contributed by atoms with Crippen LogP contribution in [0.15, 0.2) is 51.4 Å². The zero-order chi connectivity index (χ0) is 14.4. The van der Waals surface area contributed by atoms with E-state index in [-0.39, 0.29) is 6.61 Å². The second kappa shape index (κ2) is 7.67. The van der Waals surface area contributed by atoms with Gasteiger partial charge in [-0.05, 0) is 48.0 Å². The number of aliphatic hydroxyl groups excluding tert-OH is 1. The molecule has 5 heteroatoms. The number of rotatable bonds is 6. The Labute approximate surface area is 134 Å². The first-order valence-corrected chi connectivity index (χ1v) is 7.68. The molecule has 0 radical (unpaired) electrons. The minimum Gasteiger partial charge on any atom is -0.490 e. The van der Waals surface area contributed by atoms with Gasteiger partial charge >= 0.3 is 0 Å². The SMILES string of the molecule is OCc1cc(OCCOc2ccc(Br)cc2)ccc1Br. The van der Waals surface area contributed by atoms with E-state index in [4.69, 9.17) is 9.47 Å². The average molecular weight is 402 g/mol. The summed E-state index contributed by atoms with van der Waals surface area (Å²) in [6.45, 7) is 0.891. The minimum atomic E-state index is -0.0207. The standard InChI is InChI=1S/C15H14Br2O3/c16-12-1-3-13(4-2-12)19-7-8-20-14-5-6-15(17)11(9-14)10-18/h1-6,9,18H,7-8,10H2. The molecule has 2 rings (SSSR count). The lowest BCUT2D eigenvalue weighted by Gasteiger charge is -2.10. The van der Waals surface area contributed by atoms with E-state index < -0.39 is 0 Å². The van der Waals surface area contributed by atoms with E-state index in [0.29, 0.717) is 13.2 Å². The molecule has 0 spiro atoms. The number of aliphatic hydroxyl groups is 1. The predicted molar refractivity (Wildman–Crippen MR) is 85.2 cm³/mol. The van der Waals surface area contributed by atoms with Crippen molar-refractivity contribution in [1.29, 1.82) is 0 Å². The summed E-state index contributed by atoms with van der Waals surface area (Å²) in [6.07, 6.45) is 0. The van der Waals surface area contributed by atoms with Crippen LogP contribution >= 0.6 is 31.9 Å². The Kier molecular flexibility index (Phi) is 5.88. The molecule has 0 atom stereocenters. The third kappa shape index (κ3) is 4.51. The summed E-state index contributed by atoms with van der Waals surface area (Å²) < 4.78 is 13.0. The first kappa shape index (κ1) is 15.4. The number of benzene rings is 2. The van der Waals surface area contributed by atoms with Crippen LogP contribution < -0.4 is 9.47 Å². The first-order valence-electron chi connectivity index (χ1n) is 6.09. The van der Waals surface area contributed by atoms with Crippen LogP contribution in [0.4, 0.5) is 0 Å². The highest BCUT2D eigenvalue weighted by Gasteiger charge is 2.01. The molecule has 1 N–H and O–H groups in total. The van der Waals surface area contributed by atoms with Gasteiger partial charge in [0.1, 0.15) is 24.7 Å². The molecule has 0 aliphatic heterocycles. The van der Waals surface area contributed by atoms with Crippen LogP contribution in [0.2, 0.25) is 0 Å². The van der Waals surface area contributed by atoms with Gasteiger partial charge in [-0.15, -0.1) is 0 Å². The third-order valence-corrected chi connectivity index (χ3v) is 3.92. The fraction of sp³-hybridized carbons (Fsp3) is 0.200. The fourth-order valence-corrected chi connectivity index (χ4v) is 2.25. The molecule has 0 aliphatic rings. The molecule has 0 heterocycles. The zero-order valence-corrected chi connectivity index (χ0v) is 13.9. The number of ether oxygens (including phenoxy) is 2. The summed E-state index contributed by atoms with van der Waals surface area (Å²) in [5.74, 6) is 1.53.